The minimum Gasteiger partial charge on any atom is -0.459 e. The summed E-state index contributed by atoms with van der Waals surface area (Å²) in [6, 6.07) is 3.03. The van der Waals surface area contributed by atoms with Gasteiger partial charge < -0.3 is 14.6 Å². The van der Waals surface area contributed by atoms with Crippen molar-refractivity contribution in [2.45, 2.75) is 38.6 Å². The van der Waals surface area contributed by atoms with Crippen LogP contribution in [-0.2, 0) is 4.79 Å². The summed E-state index contributed by atoms with van der Waals surface area (Å²) < 4.78 is 5.15. The zero-order chi connectivity index (χ0) is 20.4. The number of hydrogen-bond acceptors (Lipinski definition) is 5. The van der Waals surface area contributed by atoms with Gasteiger partial charge in [-0.2, -0.15) is 0 Å². The molecular formula is C21H30N4O4. The summed E-state index contributed by atoms with van der Waals surface area (Å²) in [4.78, 5) is 40.4. The van der Waals surface area contributed by atoms with Crippen molar-refractivity contribution in [3.63, 3.8) is 0 Å². The Balaban J connectivity index is 1.16. The van der Waals surface area contributed by atoms with E-state index in [-0.39, 0.29) is 24.4 Å². The summed E-state index contributed by atoms with van der Waals surface area (Å²) in [6.45, 7) is 4.43. The van der Waals surface area contributed by atoms with E-state index < -0.39 is 6.03 Å². The summed E-state index contributed by atoms with van der Waals surface area (Å²) in [5.74, 6) is 1.98. The molecule has 2 N–H and O–H groups in total. The lowest BCUT2D eigenvalue weighted by Gasteiger charge is -2.33. The lowest BCUT2D eigenvalue weighted by atomic mass is 9.84. The average Bonchev–Trinajstić information content (AvgIpc) is 3.45. The van der Waals surface area contributed by atoms with E-state index in [2.05, 4.69) is 10.6 Å². The molecule has 1 aromatic heterocycles. The number of carbonyl (C=O) groups excluding carboxylic acids is 3. The minimum atomic E-state index is -0.406. The Hall–Kier alpha value is -2.35. The molecule has 2 heterocycles. The molecule has 0 radical (unpaired) electrons. The number of carbonyl (C=O) groups is 3. The van der Waals surface area contributed by atoms with Gasteiger partial charge in [0, 0.05) is 32.2 Å². The van der Waals surface area contributed by atoms with E-state index >= 15 is 0 Å². The molecule has 0 spiro atoms. The molecule has 3 aliphatic rings. The van der Waals surface area contributed by atoms with Crippen LogP contribution in [0.1, 0.15) is 43.2 Å². The van der Waals surface area contributed by atoms with Crippen molar-refractivity contribution in [3.05, 3.63) is 24.2 Å². The Kier molecular flexibility index (Phi) is 5.89. The fourth-order valence-electron chi connectivity index (χ4n) is 5.29. The predicted molar refractivity (Wildman–Crippen MR) is 106 cm³/mol. The van der Waals surface area contributed by atoms with Crippen molar-refractivity contribution in [2.24, 2.45) is 17.8 Å². The third kappa shape index (κ3) is 4.63. The molecule has 2 bridgehead atoms. The molecule has 0 aromatic carbocycles. The van der Waals surface area contributed by atoms with Crippen LogP contribution in [0, 0.1) is 17.8 Å². The van der Waals surface area contributed by atoms with E-state index in [1.54, 1.807) is 17.0 Å². The van der Waals surface area contributed by atoms with Gasteiger partial charge in [-0.15, -0.1) is 0 Å². The highest BCUT2D eigenvalue weighted by Crippen LogP contribution is 2.49. The van der Waals surface area contributed by atoms with Crippen molar-refractivity contribution in [2.75, 3.05) is 32.7 Å². The number of furan rings is 1. The van der Waals surface area contributed by atoms with E-state index in [1.165, 1.54) is 31.9 Å². The fourth-order valence-corrected chi connectivity index (χ4v) is 5.29. The molecule has 158 valence electrons. The van der Waals surface area contributed by atoms with Crippen LogP contribution in [0.3, 0.4) is 0 Å². The number of rotatable bonds is 5. The maximum Gasteiger partial charge on any atom is 0.321 e. The topological polar surface area (TPSA) is 94.9 Å². The first-order valence-electron chi connectivity index (χ1n) is 10.6. The van der Waals surface area contributed by atoms with Crippen LogP contribution in [0.4, 0.5) is 4.79 Å². The predicted octanol–water partition coefficient (Wildman–Crippen LogP) is 1.69. The molecule has 1 saturated heterocycles. The summed E-state index contributed by atoms with van der Waals surface area (Å²) in [5, 5.41) is 5.42. The number of urea groups is 1. The number of imide groups is 1. The molecule has 2 aliphatic carbocycles. The standard InChI is InChI=1S/C21H30N4O4/c1-14(17-12-15-4-5-16(17)11-15)22-21(28)23-19(26)13-24-6-8-25(9-7-24)20(27)18-3-2-10-29-18/h2-3,10,14-17H,4-9,11-13H2,1H3,(H2,22,23,26,28). The summed E-state index contributed by atoms with van der Waals surface area (Å²) in [5.41, 5.74) is 0. The van der Waals surface area contributed by atoms with Crippen LogP contribution in [0.15, 0.2) is 22.8 Å². The normalized spacial score (nSPS) is 27.6. The number of nitrogens with one attached hydrogen (secondary N) is 2. The van der Waals surface area contributed by atoms with Crippen molar-refractivity contribution >= 4 is 17.8 Å². The average molecular weight is 402 g/mol. The van der Waals surface area contributed by atoms with Gasteiger partial charge in [-0.05, 0) is 56.1 Å². The van der Waals surface area contributed by atoms with Crippen LogP contribution in [0.25, 0.3) is 0 Å². The smallest absolute Gasteiger partial charge is 0.321 e. The Morgan fingerprint density at radius 2 is 1.97 bits per heavy atom. The molecule has 1 aromatic rings. The van der Waals surface area contributed by atoms with Crippen LogP contribution in [0.5, 0.6) is 0 Å². The van der Waals surface area contributed by atoms with Crippen LogP contribution in [0.2, 0.25) is 0 Å². The Morgan fingerprint density at radius 3 is 2.59 bits per heavy atom. The molecule has 2 saturated carbocycles. The maximum atomic E-state index is 12.3. The van der Waals surface area contributed by atoms with E-state index in [0.29, 0.717) is 37.9 Å². The molecule has 4 amide bonds. The van der Waals surface area contributed by atoms with Gasteiger partial charge in [0.1, 0.15) is 0 Å². The molecule has 3 fully saturated rings. The van der Waals surface area contributed by atoms with Crippen molar-refractivity contribution < 1.29 is 18.8 Å². The summed E-state index contributed by atoms with van der Waals surface area (Å²) in [7, 11) is 0. The molecule has 29 heavy (non-hydrogen) atoms. The third-order valence-corrected chi connectivity index (χ3v) is 6.81. The Labute approximate surface area is 171 Å². The third-order valence-electron chi connectivity index (χ3n) is 6.81. The lowest BCUT2D eigenvalue weighted by Crippen LogP contribution is -2.53. The second kappa shape index (κ2) is 8.57. The molecule has 4 unspecified atom stereocenters. The van der Waals surface area contributed by atoms with Crippen molar-refractivity contribution in [3.8, 4) is 0 Å². The zero-order valence-electron chi connectivity index (χ0n) is 16.9. The van der Waals surface area contributed by atoms with E-state index in [0.717, 1.165) is 11.8 Å². The summed E-state index contributed by atoms with van der Waals surface area (Å²) in [6.07, 6.45) is 6.58. The maximum absolute atomic E-state index is 12.3. The van der Waals surface area contributed by atoms with Gasteiger partial charge in [0.05, 0.1) is 12.8 Å². The highest BCUT2D eigenvalue weighted by Gasteiger charge is 2.42. The quantitative estimate of drug-likeness (QED) is 0.782. The second-order valence-corrected chi connectivity index (χ2v) is 8.69. The molecular weight excluding hydrogens is 372 g/mol. The van der Waals surface area contributed by atoms with Crippen LogP contribution in [-0.4, -0.2) is 66.4 Å². The first-order chi connectivity index (χ1) is 14.0. The highest BCUT2D eigenvalue weighted by molar-refractivity contribution is 5.95. The molecule has 4 rings (SSSR count). The van der Waals surface area contributed by atoms with Gasteiger partial charge in [-0.1, -0.05) is 6.42 Å². The SMILES string of the molecule is CC(NC(=O)NC(=O)CN1CCN(C(=O)c2ccco2)CC1)C1CC2CCC1C2. The van der Waals surface area contributed by atoms with Crippen LogP contribution < -0.4 is 10.6 Å². The molecule has 1 aliphatic heterocycles. The lowest BCUT2D eigenvalue weighted by molar-refractivity contribution is -0.121. The Bertz CT molecular complexity index is 742. The zero-order valence-corrected chi connectivity index (χ0v) is 16.9. The first kappa shape index (κ1) is 19.9. The second-order valence-electron chi connectivity index (χ2n) is 8.69. The fraction of sp³-hybridized carbons (Fsp3) is 0.667. The highest BCUT2D eigenvalue weighted by atomic mass is 16.3. The van der Waals surface area contributed by atoms with E-state index in [1.807, 2.05) is 11.8 Å². The van der Waals surface area contributed by atoms with Gasteiger partial charge >= 0.3 is 6.03 Å². The van der Waals surface area contributed by atoms with Gasteiger partial charge in [-0.25, -0.2) is 4.79 Å². The Morgan fingerprint density at radius 1 is 1.17 bits per heavy atom. The molecule has 8 heteroatoms. The van der Waals surface area contributed by atoms with Crippen molar-refractivity contribution in [1.29, 1.82) is 0 Å². The number of fused-ring (bicyclic) bond motifs is 2. The largest absolute Gasteiger partial charge is 0.459 e. The van der Waals surface area contributed by atoms with E-state index in [4.69, 9.17) is 4.42 Å². The van der Waals surface area contributed by atoms with Crippen molar-refractivity contribution in [1.82, 2.24) is 20.4 Å². The van der Waals surface area contributed by atoms with Gasteiger partial charge in [0.2, 0.25) is 5.91 Å². The summed E-state index contributed by atoms with van der Waals surface area (Å²) >= 11 is 0. The monoisotopic (exact) mass is 402 g/mol. The van der Waals surface area contributed by atoms with Gasteiger partial charge in [-0.3, -0.25) is 19.8 Å². The van der Waals surface area contributed by atoms with Crippen LogP contribution >= 0.6 is 0 Å². The molecule has 4 atom stereocenters. The molecule has 8 nitrogen and oxygen atoms in total. The number of hydrogen-bond donors (Lipinski definition) is 2. The first-order valence-corrected chi connectivity index (χ1v) is 10.6. The number of piperazine rings is 1. The minimum absolute atomic E-state index is 0.0919. The number of nitrogens with zero attached hydrogens (tertiary/aromatic N) is 2. The number of amides is 4. The van der Waals surface area contributed by atoms with E-state index in [9.17, 15) is 14.4 Å². The van der Waals surface area contributed by atoms with Gasteiger partial charge in [0.25, 0.3) is 5.91 Å². The van der Waals surface area contributed by atoms with Gasteiger partial charge in [0.15, 0.2) is 5.76 Å².